The van der Waals surface area contributed by atoms with Crippen molar-refractivity contribution < 1.29 is 9.53 Å². The van der Waals surface area contributed by atoms with Gasteiger partial charge in [0.1, 0.15) is 6.10 Å². The van der Waals surface area contributed by atoms with E-state index < -0.39 is 0 Å². The number of hydrogen-bond donors (Lipinski definition) is 0. The molecule has 0 aliphatic heterocycles. The lowest BCUT2D eigenvalue weighted by molar-refractivity contribution is -0.148. The zero-order chi connectivity index (χ0) is 11.0. The molecule has 0 N–H and O–H groups in total. The Morgan fingerprint density at radius 2 is 1.86 bits per heavy atom. The van der Waals surface area contributed by atoms with E-state index in [1.807, 2.05) is 0 Å². The number of esters is 1. The van der Waals surface area contributed by atoms with Crippen LogP contribution in [0, 0.1) is 5.92 Å². The summed E-state index contributed by atoms with van der Waals surface area (Å²) in [5.41, 5.74) is 0. The SMILES string of the molecule is CCCCCCC(OC(C)=O)C(C)C. The van der Waals surface area contributed by atoms with Gasteiger partial charge < -0.3 is 4.74 Å². The summed E-state index contributed by atoms with van der Waals surface area (Å²) in [4.78, 5) is 10.8. The Bertz CT molecular complexity index is 152. The number of hydrogen-bond acceptors (Lipinski definition) is 2. The zero-order valence-corrected chi connectivity index (χ0v) is 10.0. The summed E-state index contributed by atoms with van der Waals surface area (Å²) in [7, 11) is 0. The fourth-order valence-electron chi connectivity index (χ4n) is 1.51. The van der Waals surface area contributed by atoms with E-state index in [1.165, 1.54) is 32.6 Å². The fraction of sp³-hybridized carbons (Fsp3) is 0.917. The second-order valence-electron chi connectivity index (χ2n) is 4.24. The molecular weight excluding hydrogens is 176 g/mol. The second-order valence-corrected chi connectivity index (χ2v) is 4.24. The molecule has 0 rings (SSSR count). The monoisotopic (exact) mass is 200 g/mol. The highest BCUT2D eigenvalue weighted by Gasteiger charge is 2.15. The summed E-state index contributed by atoms with van der Waals surface area (Å²) in [6.45, 7) is 7.90. The lowest BCUT2D eigenvalue weighted by Gasteiger charge is -2.20. The van der Waals surface area contributed by atoms with Crippen molar-refractivity contribution in [2.75, 3.05) is 0 Å². The van der Waals surface area contributed by atoms with Crippen LogP contribution < -0.4 is 0 Å². The Hall–Kier alpha value is -0.530. The first kappa shape index (κ1) is 13.5. The van der Waals surface area contributed by atoms with Crippen LogP contribution in [0.2, 0.25) is 0 Å². The molecule has 0 amide bonds. The van der Waals surface area contributed by atoms with Gasteiger partial charge >= 0.3 is 5.97 Å². The largest absolute Gasteiger partial charge is 0.462 e. The third-order valence-electron chi connectivity index (χ3n) is 2.40. The summed E-state index contributed by atoms with van der Waals surface area (Å²) >= 11 is 0. The van der Waals surface area contributed by atoms with Gasteiger partial charge in [-0.25, -0.2) is 0 Å². The summed E-state index contributed by atoms with van der Waals surface area (Å²) in [5, 5.41) is 0. The molecule has 1 unspecified atom stereocenters. The molecule has 0 fully saturated rings. The van der Waals surface area contributed by atoms with E-state index in [2.05, 4.69) is 20.8 Å². The summed E-state index contributed by atoms with van der Waals surface area (Å²) in [6, 6.07) is 0. The van der Waals surface area contributed by atoms with Crippen molar-refractivity contribution in [3.63, 3.8) is 0 Å². The van der Waals surface area contributed by atoms with Crippen LogP contribution in [-0.2, 0) is 9.53 Å². The van der Waals surface area contributed by atoms with Gasteiger partial charge in [0.25, 0.3) is 0 Å². The molecule has 0 aromatic heterocycles. The Kier molecular flexibility index (Phi) is 7.54. The molecule has 1 atom stereocenters. The molecule has 0 radical (unpaired) electrons. The van der Waals surface area contributed by atoms with Gasteiger partial charge in [0, 0.05) is 6.92 Å². The Morgan fingerprint density at radius 3 is 2.29 bits per heavy atom. The summed E-state index contributed by atoms with van der Waals surface area (Å²) in [6.07, 6.45) is 6.08. The molecule has 0 aromatic carbocycles. The highest BCUT2D eigenvalue weighted by atomic mass is 16.5. The zero-order valence-electron chi connectivity index (χ0n) is 10.0. The van der Waals surface area contributed by atoms with Crippen LogP contribution in [0.4, 0.5) is 0 Å². The van der Waals surface area contributed by atoms with Crippen LogP contribution in [-0.4, -0.2) is 12.1 Å². The smallest absolute Gasteiger partial charge is 0.302 e. The van der Waals surface area contributed by atoms with Crippen molar-refractivity contribution in [2.45, 2.75) is 65.9 Å². The highest BCUT2D eigenvalue weighted by molar-refractivity contribution is 5.66. The van der Waals surface area contributed by atoms with Crippen molar-refractivity contribution in [2.24, 2.45) is 5.92 Å². The van der Waals surface area contributed by atoms with Gasteiger partial charge in [-0.15, -0.1) is 0 Å². The highest BCUT2D eigenvalue weighted by Crippen LogP contribution is 2.15. The van der Waals surface area contributed by atoms with Crippen molar-refractivity contribution in [1.82, 2.24) is 0 Å². The van der Waals surface area contributed by atoms with E-state index >= 15 is 0 Å². The lowest BCUT2D eigenvalue weighted by Crippen LogP contribution is -2.22. The van der Waals surface area contributed by atoms with E-state index in [-0.39, 0.29) is 12.1 Å². The quantitative estimate of drug-likeness (QED) is 0.464. The predicted molar refractivity (Wildman–Crippen MR) is 59.2 cm³/mol. The second kappa shape index (κ2) is 7.84. The molecule has 0 heterocycles. The van der Waals surface area contributed by atoms with Crippen LogP contribution in [0.5, 0.6) is 0 Å². The summed E-state index contributed by atoms with van der Waals surface area (Å²) in [5.74, 6) is 0.278. The van der Waals surface area contributed by atoms with Crippen LogP contribution >= 0.6 is 0 Å². The maximum Gasteiger partial charge on any atom is 0.302 e. The fourth-order valence-corrected chi connectivity index (χ4v) is 1.51. The van der Waals surface area contributed by atoms with Crippen LogP contribution in [0.15, 0.2) is 0 Å². The van der Waals surface area contributed by atoms with Gasteiger partial charge in [-0.05, 0) is 18.8 Å². The number of rotatable bonds is 7. The minimum atomic E-state index is -0.154. The van der Waals surface area contributed by atoms with E-state index in [9.17, 15) is 4.79 Å². The maximum absolute atomic E-state index is 10.8. The van der Waals surface area contributed by atoms with Crippen molar-refractivity contribution in [3.8, 4) is 0 Å². The number of unbranched alkanes of at least 4 members (excludes halogenated alkanes) is 3. The van der Waals surface area contributed by atoms with Crippen molar-refractivity contribution >= 4 is 5.97 Å². The number of carbonyl (C=O) groups excluding carboxylic acids is 1. The predicted octanol–water partition coefficient (Wildman–Crippen LogP) is 3.54. The topological polar surface area (TPSA) is 26.3 Å². The van der Waals surface area contributed by atoms with Gasteiger partial charge in [0.15, 0.2) is 0 Å². The molecule has 2 heteroatoms. The van der Waals surface area contributed by atoms with Crippen LogP contribution in [0.25, 0.3) is 0 Å². The molecule has 14 heavy (non-hydrogen) atoms. The molecule has 0 bridgehead atoms. The standard InChI is InChI=1S/C12H24O2/c1-5-6-7-8-9-12(10(2)3)14-11(4)13/h10,12H,5-9H2,1-4H3. The molecule has 84 valence electrons. The summed E-state index contributed by atoms with van der Waals surface area (Å²) < 4.78 is 5.25. The lowest BCUT2D eigenvalue weighted by atomic mass is 10.0. The minimum absolute atomic E-state index is 0.115. The van der Waals surface area contributed by atoms with Gasteiger partial charge in [0.05, 0.1) is 0 Å². The molecule has 0 aliphatic carbocycles. The van der Waals surface area contributed by atoms with Gasteiger partial charge in [-0.3, -0.25) is 4.79 Å². The van der Waals surface area contributed by atoms with Crippen molar-refractivity contribution in [1.29, 1.82) is 0 Å². The Balaban J connectivity index is 3.68. The third-order valence-corrected chi connectivity index (χ3v) is 2.40. The molecule has 0 aliphatic rings. The first-order valence-electron chi connectivity index (χ1n) is 5.75. The molecule has 0 saturated heterocycles. The molecule has 0 saturated carbocycles. The Morgan fingerprint density at radius 1 is 1.21 bits per heavy atom. The minimum Gasteiger partial charge on any atom is -0.462 e. The molecular formula is C12H24O2. The Labute approximate surface area is 88.0 Å². The van der Waals surface area contributed by atoms with Gasteiger partial charge in [-0.2, -0.15) is 0 Å². The normalized spacial score (nSPS) is 12.9. The molecule has 2 nitrogen and oxygen atoms in total. The first-order chi connectivity index (χ1) is 6.57. The van der Waals surface area contributed by atoms with Gasteiger partial charge in [-0.1, -0.05) is 40.0 Å². The number of carbonyl (C=O) groups is 1. The van der Waals surface area contributed by atoms with E-state index in [0.29, 0.717) is 5.92 Å². The average molecular weight is 200 g/mol. The average Bonchev–Trinajstić information content (AvgIpc) is 2.09. The number of ether oxygens (including phenoxy) is 1. The van der Waals surface area contributed by atoms with Crippen molar-refractivity contribution in [3.05, 3.63) is 0 Å². The van der Waals surface area contributed by atoms with E-state index in [0.717, 1.165) is 6.42 Å². The maximum atomic E-state index is 10.8. The van der Waals surface area contributed by atoms with Gasteiger partial charge in [0.2, 0.25) is 0 Å². The third kappa shape index (κ3) is 6.93. The van der Waals surface area contributed by atoms with Crippen LogP contribution in [0.3, 0.4) is 0 Å². The van der Waals surface area contributed by atoms with E-state index in [4.69, 9.17) is 4.74 Å². The molecule has 0 spiro atoms. The van der Waals surface area contributed by atoms with Crippen LogP contribution in [0.1, 0.15) is 59.8 Å². The molecule has 0 aromatic rings. The first-order valence-corrected chi connectivity index (χ1v) is 5.75. The van der Waals surface area contributed by atoms with E-state index in [1.54, 1.807) is 0 Å².